The van der Waals surface area contributed by atoms with E-state index in [1.54, 1.807) is 6.08 Å². The van der Waals surface area contributed by atoms with Gasteiger partial charge in [-0.2, -0.15) is 0 Å². The molecule has 0 radical (unpaired) electrons. The number of allylic oxidation sites excluding steroid dienone is 7. The van der Waals surface area contributed by atoms with Crippen LogP contribution in [0.25, 0.3) is 0 Å². The molecule has 0 saturated carbocycles. The monoisotopic (exact) mass is 756 g/mol. The molecule has 0 saturated heterocycles. The summed E-state index contributed by atoms with van der Waals surface area (Å²) in [5, 5.41) is 22.9. The summed E-state index contributed by atoms with van der Waals surface area (Å²) in [5.41, 5.74) is 0. The van der Waals surface area contributed by atoms with E-state index in [-0.39, 0.29) is 12.5 Å². The molecule has 0 aromatic heterocycles. The summed E-state index contributed by atoms with van der Waals surface area (Å²) < 4.78 is 0. The minimum absolute atomic E-state index is 0.0738. The maximum absolute atomic E-state index is 12.4. The van der Waals surface area contributed by atoms with Gasteiger partial charge in [-0.05, 0) is 64.2 Å². The molecule has 54 heavy (non-hydrogen) atoms. The fourth-order valence-electron chi connectivity index (χ4n) is 7.11. The highest BCUT2D eigenvalue weighted by Gasteiger charge is 2.17. The van der Waals surface area contributed by atoms with Crippen LogP contribution in [0.3, 0.4) is 0 Å². The van der Waals surface area contributed by atoms with Gasteiger partial charge in [-0.1, -0.05) is 223 Å². The van der Waals surface area contributed by atoms with Gasteiger partial charge in [-0.25, -0.2) is 0 Å². The topological polar surface area (TPSA) is 69.6 Å². The van der Waals surface area contributed by atoms with Crippen molar-refractivity contribution in [2.24, 2.45) is 0 Å². The molecule has 3 N–H and O–H groups in total. The molecule has 0 rings (SSSR count). The lowest BCUT2D eigenvalue weighted by Crippen LogP contribution is -2.45. The minimum Gasteiger partial charge on any atom is -0.394 e. The number of carbonyl (C=O) groups is 1. The summed E-state index contributed by atoms with van der Waals surface area (Å²) in [7, 11) is 0. The van der Waals surface area contributed by atoms with Gasteiger partial charge >= 0.3 is 0 Å². The number of unbranched alkanes of at least 4 members (excludes halogenated alkanes) is 30. The fraction of sp³-hybridized carbons (Fsp3) is 0.820. The average Bonchev–Trinajstić information content (AvgIpc) is 3.18. The normalized spacial score (nSPS) is 13.3. The summed E-state index contributed by atoms with van der Waals surface area (Å²) >= 11 is 0. The quantitative estimate of drug-likeness (QED) is 0.0429. The summed E-state index contributed by atoms with van der Waals surface area (Å²) in [5.74, 6) is -0.0738. The molecule has 4 heteroatoms. The SMILES string of the molecule is CCCCCCC/C=C\C/C=C\CCCCCCCCCCCCCCCCCCCCCC(=O)NC(CO)C(O)/C=C/CC/C=C/CCCCCCC. The minimum atomic E-state index is -0.859. The zero-order valence-electron chi connectivity index (χ0n) is 36.2. The molecule has 0 aromatic carbocycles. The zero-order valence-corrected chi connectivity index (χ0v) is 36.2. The van der Waals surface area contributed by atoms with Crippen LogP contribution in [0.1, 0.15) is 245 Å². The Balaban J connectivity index is 3.46. The first kappa shape index (κ1) is 52.3. The predicted molar refractivity (Wildman–Crippen MR) is 239 cm³/mol. The Morgan fingerprint density at radius 1 is 0.444 bits per heavy atom. The standard InChI is InChI=1S/C50H93NO3/c1-3-5-7-9-11-13-15-16-17-18-19-20-21-22-23-24-25-26-27-28-29-30-31-32-33-34-36-38-40-42-44-46-50(54)51-48(47-52)49(53)45-43-41-39-37-35-14-12-10-8-6-4-2/h15-16,18-19,35,37,43,45,48-49,52-53H,3-14,17,20-34,36,38-42,44,46-47H2,1-2H3,(H,51,54)/b16-15-,19-18-,37-35+,45-43+. The molecular formula is C50H93NO3. The molecule has 0 fully saturated rings. The van der Waals surface area contributed by atoms with Gasteiger partial charge in [0.05, 0.1) is 18.8 Å². The molecule has 1 amide bonds. The third-order valence-electron chi connectivity index (χ3n) is 10.8. The highest BCUT2D eigenvalue weighted by molar-refractivity contribution is 5.76. The van der Waals surface area contributed by atoms with Crippen LogP contribution in [0.15, 0.2) is 48.6 Å². The van der Waals surface area contributed by atoms with Gasteiger partial charge in [0, 0.05) is 6.42 Å². The second-order valence-corrected chi connectivity index (χ2v) is 16.2. The van der Waals surface area contributed by atoms with E-state index in [9.17, 15) is 15.0 Å². The molecule has 0 aliphatic heterocycles. The van der Waals surface area contributed by atoms with Crippen LogP contribution < -0.4 is 5.32 Å². The number of amides is 1. The molecule has 0 heterocycles. The van der Waals surface area contributed by atoms with Gasteiger partial charge in [0.2, 0.25) is 5.91 Å². The van der Waals surface area contributed by atoms with E-state index in [2.05, 4.69) is 55.6 Å². The Kier molecular flexibility index (Phi) is 44.3. The Labute approximate surface area is 337 Å². The summed E-state index contributed by atoms with van der Waals surface area (Å²) in [6.45, 7) is 4.26. The van der Waals surface area contributed by atoms with Crippen LogP contribution in [0, 0.1) is 0 Å². The molecular weight excluding hydrogens is 663 g/mol. The smallest absolute Gasteiger partial charge is 0.220 e. The number of aliphatic hydroxyl groups is 2. The molecule has 2 atom stereocenters. The third-order valence-corrected chi connectivity index (χ3v) is 10.8. The van der Waals surface area contributed by atoms with E-state index in [0.717, 1.165) is 38.5 Å². The van der Waals surface area contributed by atoms with E-state index < -0.39 is 12.1 Å². The van der Waals surface area contributed by atoms with Crippen molar-refractivity contribution in [3.8, 4) is 0 Å². The van der Waals surface area contributed by atoms with Crippen LogP contribution in [0.2, 0.25) is 0 Å². The van der Waals surface area contributed by atoms with Crippen molar-refractivity contribution in [1.29, 1.82) is 0 Å². The lowest BCUT2D eigenvalue weighted by atomic mass is 10.0. The number of rotatable bonds is 43. The molecule has 2 unspecified atom stereocenters. The number of hydrogen-bond donors (Lipinski definition) is 3. The van der Waals surface area contributed by atoms with Gasteiger partial charge in [0.1, 0.15) is 0 Å². The van der Waals surface area contributed by atoms with Crippen LogP contribution >= 0.6 is 0 Å². The Morgan fingerprint density at radius 2 is 0.778 bits per heavy atom. The Hall–Kier alpha value is -1.65. The second-order valence-electron chi connectivity index (χ2n) is 16.2. The number of hydrogen-bond acceptors (Lipinski definition) is 3. The summed E-state index contributed by atoms with van der Waals surface area (Å²) in [4.78, 5) is 12.4. The highest BCUT2D eigenvalue weighted by Crippen LogP contribution is 2.16. The largest absolute Gasteiger partial charge is 0.394 e. The second kappa shape index (κ2) is 45.7. The first-order valence-electron chi connectivity index (χ1n) is 23.9. The molecule has 0 aliphatic rings. The van der Waals surface area contributed by atoms with E-state index in [1.807, 2.05) is 6.08 Å². The Bertz CT molecular complexity index is 862. The molecule has 0 spiro atoms. The van der Waals surface area contributed by atoms with Gasteiger partial charge in [0.15, 0.2) is 0 Å². The molecule has 0 aromatic rings. The lowest BCUT2D eigenvalue weighted by Gasteiger charge is -2.19. The maximum Gasteiger partial charge on any atom is 0.220 e. The average molecular weight is 756 g/mol. The van der Waals surface area contributed by atoms with Gasteiger partial charge in [-0.15, -0.1) is 0 Å². The van der Waals surface area contributed by atoms with E-state index in [0.29, 0.717) is 6.42 Å². The highest BCUT2D eigenvalue weighted by atomic mass is 16.3. The molecule has 316 valence electrons. The van der Waals surface area contributed by atoms with Gasteiger partial charge < -0.3 is 15.5 Å². The maximum atomic E-state index is 12.4. The van der Waals surface area contributed by atoms with Crippen LogP contribution in [-0.4, -0.2) is 34.9 Å². The first-order valence-corrected chi connectivity index (χ1v) is 23.9. The lowest BCUT2D eigenvalue weighted by molar-refractivity contribution is -0.123. The Morgan fingerprint density at radius 3 is 1.19 bits per heavy atom. The van der Waals surface area contributed by atoms with Crippen molar-refractivity contribution in [2.75, 3.05) is 6.61 Å². The van der Waals surface area contributed by atoms with Crippen molar-refractivity contribution < 1.29 is 15.0 Å². The van der Waals surface area contributed by atoms with E-state index >= 15 is 0 Å². The number of carbonyl (C=O) groups excluding carboxylic acids is 1. The zero-order chi connectivity index (χ0) is 39.3. The third kappa shape index (κ3) is 41.5. The van der Waals surface area contributed by atoms with Crippen molar-refractivity contribution >= 4 is 5.91 Å². The van der Waals surface area contributed by atoms with E-state index in [4.69, 9.17) is 0 Å². The number of nitrogens with one attached hydrogen (secondary N) is 1. The first-order chi connectivity index (χ1) is 26.7. The van der Waals surface area contributed by atoms with Crippen molar-refractivity contribution in [1.82, 2.24) is 5.32 Å². The van der Waals surface area contributed by atoms with Crippen molar-refractivity contribution in [2.45, 2.75) is 257 Å². The molecule has 4 nitrogen and oxygen atoms in total. The van der Waals surface area contributed by atoms with Gasteiger partial charge in [-0.3, -0.25) is 4.79 Å². The van der Waals surface area contributed by atoms with Crippen molar-refractivity contribution in [3.05, 3.63) is 48.6 Å². The van der Waals surface area contributed by atoms with Crippen LogP contribution in [0.4, 0.5) is 0 Å². The summed E-state index contributed by atoms with van der Waals surface area (Å²) in [6, 6.07) is -0.636. The van der Waals surface area contributed by atoms with Crippen molar-refractivity contribution in [3.63, 3.8) is 0 Å². The van der Waals surface area contributed by atoms with E-state index in [1.165, 1.54) is 186 Å². The summed E-state index contributed by atoms with van der Waals surface area (Å²) in [6.07, 6.45) is 62.5. The molecule has 0 aliphatic carbocycles. The van der Waals surface area contributed by atoms with Gasteiger partial charge in [0.25, 0.3) is 0 Å². The van der Waals surface area contributed by atoms with Crippen LogP contribution in [0.5, 0.6) is 0 Å². The predicted octanol–water partition coefficient (Wildman–Crippen LogP) is 15.1. The van der Waals surface area contributed by atoms with Crippen LogP contribution in [-0.2, 0) is 4.79 Å². The number of aliphatic hydroxyl groups excluding tert-OH is 2. The fourth-order valence-corrected chi connectivity index (χ4v) is 7.11. The molecule has 0 bridgehead atoms.